The summed E-state index contributed by atoms with van der Waals surface area (Å²) in [5, 5.41) is 9.47. The zero-order valence-electron chi connectivity index (χ0n) is 10.9. The van der Waals surface area contributed by atoms with E-state index in [9.17, 15) is 10.1 Å². The third kappa shape index (κ3) is 2.22. The molecule has 1 atom stereocenters. The second kappa shape index (κ2) is 5.19. The van der Waals surface area contributed by atoms with Gasteiger partial charge < -0.3 is 14.2 Å². The van der Waals surface area contributed by atoms with Gasteiger partial charge in [0.1, 0.15) is 11.8 Å². The highest BCUT2D eigenvalue weighted by atomic mass is 16.7. The second-order valence-electron chi connectivity index (χ2n) is 4.33. The lowest BCUT2D eigenvalue weighted by atomic mass is 9.79. The Kier molecular flexibility index (Phi) is 3.61. The van der Waals surface area contributed by atoms with E-state index in [1.807, 2.05) is 6.07 Å². The highest BCUT2D eigenvalue weighted by molar-refractivity contribution is 5.62. The van der Waals surface area contributed by atoms with Gasteiger partial charge in [0.2, 0.25) is 5.60 Å². The van der Waals surface area contributed by atoms with Gasteiger partial charge in [-0.1, -0.05) is 12.1 Å². The van der Waals surface area contributed by atoms with Crippen molar-refractivity contribution in [1.82, 2.24) is 0 Å². The number of fused-ring (bicyclic) bond motifs is 1. The fourth-order valence-corrected chi connectivity index (χ4v) is 2.47. The van der Waals surface area contributed by atoms with Gasteiger partial charge in [-0.25, -0.2) is 4.79 Å². The van der Waals surface area contributed by atoms with Gasteiger partial charge in [0, 0.05) is 17.5 Å². The summed E-state index contributed by atoms with van der Waals surface area (Å²) in [6, 6.07) is 7.53. The Morgan fingerprint density at radius 1 is 1.42 bits per heavy atom. The smallest absolute Gasteiger partial charge is 0.496 e. The Bertz CT molecular complexity index is 535. The summed E-state index contributed by atoms with van der Waals surface area (Å²) in [4.78, 5) is 11.4. The van der Waals surface area contributed by atoms with Crippen LogP contribution in [0.3, 0.4) is 0 Å². The fraction of sp³-hybridized carbons (Fsp3) is 0.429. The summed E-state index contributed by atoms with van der Waals surface area (Å²) in [7, 11) is 2.81. The number of carbonyl (C=O) groups is 1. The van der Waals surface area contributed by atoms with Crippen LogP contribution >= 0.6 is 0 Å². The summed E-state index contributed by atoms with van der Waals surface area (Å²) < 4.78 is 15.0. The molecule has 5 heteroatoms. The molecule has 0 spiro atoms. The summed E-state index contributed by atoms with van der Waals surface area (Å²) in [5.74, 6) is 0.713. The molecule has 100 valence electrons. The molecule has 0 aliphatic heterocycles. The van der Waals surface area contributed by atoms with Crippen LogP contribution in [0.15, 0.2) is 18.2 Å². The molecule has 0 saturated carbocycles. The molecule has 0 bridgehead atoms. The van der Waals surface area contributed by atoms with Crippen molar-refractivity contribution in [2.75, 3.05) is 14.2 Å². The van der Waals surface area contributed by atoms with Crippen LogP contribution in [-0.2, 0) is 21.5 Å². The molecule has 0 aromatic heterocycles. The second-order valence-corrected chi connectivity index (χ2v) is 4.33. The zero-order chi connectivity index (χ0) is 13.9. The number of ether oxygens (including phenoxy) is 3. The number of benzene rings is 1. The predicted molar refractivity (Wildman–Crippen MR) is 66.7 cm³/mol. The molecule has 0 heterocycles. The molecular weight excluding hydrogens is 246 g/mol. The van der Waals surface area contributed by atoms with Crippen LogP contribution in [0.25, 0.3) is 0 Å². The molecule has 0 saturated heterocycles. The average molecular weight is 261 g/mol. The monoisotopic (exact) mass is 261 g/mol. The molecule has 1 aromatic carbocycles. The van der Waals surface area contributed by atoms with E-state index in [0.29, 0.717) is 17.7 Å². The molecule has 0 radical (unpaired) electrons. The SMILES string of the molecule is COC(=O)OC1(C#N)CCCc2c(OC)cccc21. The van der Waals surface area contributed by atoms with Crippen LogP contribution < -0.4 is 4.74 Å². The Morgan fingerprint density at radius 3 is 2.84 bits per heavy atom. The van der Waals surface area contributed by atoms with Crippen LogP contribution in [0, 0.1) is 11.3 Å². The van der Waals surface area contributed by atoms with Gasteiger partial charge in [-0.3, -0.25) is 0 Å². The van der Waals surface area contributed by atoms with Crippen LogP contribution in [0.2, 0.25) is 0 Å². The molecule has 5 nitrogen and oxygen atoms in total. The molecule has 19 heavy (non-hydrogen) atoms. The maximum absolute atomic E-state index is 11.4. The van der Waals surface area contributed by atoms with Crippen molar-refractivity contribution in [2.45, 2.75) is 24.9 Å². The van der Waals surface area contributed by atoms with E-state index >= 15 is 0 Å². The summed E-state index contributed by atoms with van der Waals surface area (Å²) in [6.07, 6.45) is 1.15. The Labute approximate surface area is 111 Å². The van der Waals surface area contributed by atoms with E-state index in [0.717, 1.165) is 18.4 Å². The van der Waals surface area contributed by atoms with E-state index in [4.69, 9.17) is 9.47 Å². The largest absolute Gasteiger partial charge is 0.509 e. The number of hydrogen-bond donors (Lipinski definition) is 0. The molecule has 0 amide bonds. The van der Waals surface area contributed by atoms with E-state index < -0.39 is 11.8 Å². The number of nitrogens with zero attached hydrogens (tertiary/aromatic N) is 1. The fourth-order valence-electron chi connectivity index (χ4n) is 2.47. The minimum atomic E-state index is -1.28. The van der Waals surface area contributed by atoms with Crippen molar-refractivity contribution < 1.29 is 19.0 Å². The maximum Gasteiger partial charge on any atom is 0.509 e. The van der Waals surface area contributed by atoms with Crippen molar-refractivity contribution in [3.05, 3.63) is 29.3 Å². The predicted octanol–water partition coefficient (Wildman–Crippen LogP) is 2.53. The van der Waals surface area contributed by atoms with Gasteiger partial charge in [0.05, 0.1) is 14.2 Å². The van der Waals surface area contributed by atoms with Gasteiger partial charge in [-0.2, -0.15) is 5.26 Å². The summed E-state index contributed by atoms with van der Waals surface area (Å²) in [5.41, 5.74) is 0.322. The van der Waals surface area contributed by atoms with E-state index in [2.05, 4.69) is 10.8 Å². The lowest BCUT2D eigenvalue weighted by Crippen LogP contribution is -2.35. The van der Waals surface area contributed by atoms with Crippen molar-refractivity contribution in [3.63, 3.8) is 0 Å². The molecule has 1 aliphatic carbocycles. The lowest BCUT2D eigenvalue weighted by molar-refractivity contribution is -0.00792. The van der Waals surface area contributed by atoms with Crippen LogP contribution in [0.1, 0.15) is 24.0 Å². The first-order chi connectivity index (χ1) is 9.16. The van der Waals surface area contributed by atoms with E-state index in [-0.39, 0.29) is 0 Å². The van der Waals surface area contributed by atoms with E-state index in [1.54, 1.807) is 19.2 Å². The van der Waals surface area contributed by atoms with Gasteiger partial charge in [-0.05, 0) is 18.9 Å². The van der Waals surface area contributed by atoms with Crippen LogP contribution in [0.4, 0.5) is 4.79 Å². The zero-order valence-corrected chi connectivity index (χ0v) is 10.9. The van der Waals surface area contributed by atoms with Crippen molar-refractivity contribution in [2.24, 2.45) is 0 Å². The molecule has 1 aliphatic rings. The van der Waals surface area contributed by atoms with Crippen molar-refractivity contribution in [3.8, 4) is 11.8 Å². The van der Waals surface area contributed by atoms with Crippen LogP contribution in [-0.4, -0.2) is 20.4 Å². The highest BCUT2D eigenvalue weighted by Crippen LogP contribution is 2.41. The minimum absolute atomic E-state index is 0.457. The Hall–Kier alpha value is -2.22. The third-order valence-corrected chi connectivity index (χ3v) is 3.35. The molecular formula is C14H15NO4. The van der Waals surface area contributed by atoms with Crippen LogP contribution in [0.5, 0.6) is 5.75 Å². The normalized spacial score (nSPS) is 20.9. The number of carbonyl (C=O) groups excluding carboxylic acids is 1. The number of hydrogen-bond acceptors (Lipinski definition) is 5. The standard InChI is InChI=1S/C14H15NO4/c1-17-12-7-3-6-11-10(12)5-4-8-14(11,9-15)19-13(16)18-2/h3,6-7H,4-5,8H2,1-2H3. The van der Waals surface area contributed by atoms with Gasteiger partial charge in [-0.15, -0.1) is 0 Å². The van der Waals surface area contributed by atoms with E-state index in [1.165, 1.54) is 7.11 Å². The molecule has 1 aromatic rings. The average Bonchev–Trinajstić information content (AvgIpc) is 2.46. The summed E-state index contributed by atoms with van der Waals surface area (Å²) >= 11 is 0. The van der Waals surface area contributed by atoms with Gasteiger partial charge in [0.25, 0.3) is 0 Å². The summed E-state index contributed by atoms with van der Waals surface area (Å²) in [6.45, 7) is 0. The maximum atomic E-state index is 11.4. The first-order valence-electron chi connectivity index (χ1n) is 6.01. The number of methoxy groups -OCH3 is 2. The lowest BCUT2D eigenvalue weighted by Gasteiger charge is -2.32. The van der Waals surface area contributed by atoms with Gasteiger partial charge in [0.15, 0.2) is 0 Å². The number of rotatable bonds is 2. The molecule has 1 unspecified atom stereocenters. The molecule has 0 fully saturated rings. The van der Waals surface area contributed by atoms with Crippen molar-refractivity contribution in [1.29, 1.82) is 5.26 Å². The Balaban J connectivity index is 2.51. The highest BCUT2D eigenvalue weighted by Gasteiger charge is 2.42. The van der Waals surface area contributed by atoms with Gasteiger partial charge >= 0.3 is 6.16 Å². The Morgan fingerprint density at radius 2 is 2.21 bits per heavy atom. The minimum Gasteiger partial charge on any atom is -0.496 e. The third-order valence-electron chi connectivity index (χ3n) is 3.35. The molecule has 2 rings (SSSR count). The first kappa shape index (κ1) is 13.2. The number of nitriles is 1. The molecule has 0 N–H and O–H groups in total. The quantitative estimate of drug-likeness (QED) is 0.765. The first-order valence-corrected chi connectivity index (χ1v) is 6.01. The topological polar surface area (TPSA) is 68.5 Å². The van der Waals surface area contributed by atoms with Crippen molar-refractivity contribution >= 4 is 6.16 Å².